The minimum Gasteiger partial charge on any atom is -0.497 e. The molecule has 114 valence electrons. The lowest BCUT2D eigenvalue weighted by molar-refractivity contribution is -0.630. The van der Waals surface area contributed by atoms with Crippen molar-refractivity contribution in [3.63, 3.8) is 0 Å². The van der Waals surface area contributed by atoms with Crippen molar-refractivity contribution in [2.75, 3.05) is 12.5 Å². The first-order valence-corrected chi connectivity index (χ1v) is 7.29. The predicted molar refractivity (Wildman–Crippen MR) is 88.8 cm³/mol. The summed E-state index contributed by atoms with van der Waals surface area (Å²) in [6.45, 7) is 0. The van der Waals surface area contributed by atoms with Crippen LogP contribution < -0.4 is 14.8 Å². The Labute approximate surface area is 135 Å². The molecular formula is C19H17N2O2+. The Morgan fingerprint density at radius 1 is 0.913 bits per heavy atom. The van der Waals surface area contributed by atoms with Gasteiger partial charge in [-0.05, 0) is 42.5 Å². The number of methoxy groups -OCH3 is 1. The van der Waals surface area contributed by atoms with E-state index in [1.165, 1.54) is 0 Å². The van der Waals surface area contributed by atoms with Gasteiger partial charge in [0.2, 0.25) is 11.9 Å². The number of nitrogens with one attached hydrogen (secondary N) is 1. The second-order valence-electron chi connectivity index (χ2n) is 4.99. The van der Waals surface area contributed by atoms with E-state index in [1.807, 2.05) is 66.9 Å². The second kappa shape index (κ2) is 6.75. The normalized spacial score (nSPS) is 10.1. The van der Waals surface area contributed by atoms with E-state index in [4.69, 9.17) is 4.74 Å². The first-order chi connectivity index (χ1) is 11.3. The molecule has 0 bridgehead atoms. The number of aromatic nitrogens is 1. The molecule has 23 heavy (non-hydrogen) atoms. The van der Waals surface area contributed by atoms with Crippen molar-refractivity contribution >= 4 is 5.91 Å². The third kappa shape index (κ3) is 3.37. The van der Waals surface area contributed by atoms with E-state index in [-0.39, 0.29) is 5.91 Å². The zero-order chi connectivity index (χ0) is 16.1. The van der Waals surface area contributed by atoms with E-state index in [0.29, 0.717) is 5.56 Å². The highest BCUT2D eigenvalue weighted by atomic mass is 16.5. The molecule has 0 saturated heterocycles. The molecule has 4 heteroatoms. The molecule has 1 amide bonds. The van der Waals surface area contributed by atoms with Crippen molar-refractivity contribution in [3.8, 4) is 17.0 Å². The third-order valence-corrected chi connectivity index (χ3v) is 3.50. The smallest absolute Gasteiger partial charge is 0.305 e. The number of pyridine rings is 1. The number of amides is 1. The van der Waals surface area contributed by atoms with Gasteiger partial charge in [-0.2, -0.15) is 0 Å². The lowest BCUT2D eigenvalue weighted by atomic mass is 10.1. The highest BCUT2D eigenvalue weighted by molar-refractivity contribution is 5.98. The second-order valence-corrected chi connectivity index (χ2v) is 4.99. The van der Waals surface area contributed by atoms with E-state index in [9.17, 15) is 4.79 Å². The molecule has 0 unspecified atom stereocenters. The van der Waals surface area contributed by atoms with E-state index < -0.39 is 0 Å². The summed E-state index contributed by atoms with van der Waals surface area (Å²) >= 11 is 0. The van der Waals surface area contributed by atoms with Crippen LogP contribution >= 0.6 is 0 Å². The van der Waals surface area contributed by atoms with Gasteiger partial charge in [0, 0.05) is 23.3 Å². The van der Waals surface area contributed by atoms with Gasteiger partial charge in [0.25, 0.3) is 0 Å². The number of benzene rings is 2. The molecule has 0 saturated carbocycles. The summed E-state index contributed by atoms with van der Waals surface area (Å²) < 4.78 is 6.90. The summed E-state index contributed by atoms with van der Waals surface area (Å²) in [5.41, 5.74) is 5.39. The van der Waals surface area contributed by atoms with Crippen LogP contribution in [0.2, 0.25) is 0 Å². The van der Waals surface area contributed by atoms with Crippen molar-refractivity contribution < 1.29 is 14.2 Å². The number of carbonyl (C=O) groups is 1. The largest absolute Gasteiger partial charge is 0.497 e. The Kier molecular flexibility index (Phi) is 4.34. The number of carbonyl (C=O) groups excluding carboxylic acids is 1. The van der Waals surface area contributed by atoms with E-state index in [1.54, 1.807) is 23.9 Å². The average molecular weight is 305 g/mol. The Bertz CT molecular complexity index is 799. The molecule has 0 fully saturated rings. The summed E-state index contributed by atoms with van der Waals surface area (Å²) in [6.07, 6.45) is 1.82. The van der Waals surface area contributed by atoms with Gasteiger partial charge < -0.3 is 4.74 Å². The number of nitrogens with zero attached hydrogens (tertiary/aromatic N) is 1. The topological polar surface area (TPSA) is 42.2 Å². The zero-order valence-electron chi connectivity index (χ0n) is 12.8. The molecule has 2 aromatic carbocycles. The van der Waals surface area contributed by atoms with Gasteiger partial charge in [-0.1, -0.05) is 22.9 Å². The average Bonchev–Trinajstić information content (AvgIpc) is 2.63. The van der Waals surface area contributed by atoms with Crippen LogP contribution in [0.4, 0.5) is 0 Å². The maximum Gasteiger partial charge on any atom is 0.305 e. The fourth-order valence-electron chi connectivity index (χ4n) is 2.30. The van der Waals surface area contributed by atoms with Crippen LogP contribution in [-0.4, -0.2) is 13.0 Å². The van der Waals surface area contributed by atoms with Gasteiger partial charge in [-0.25, -0.2) is 0 Å². The summed E-state index contributed by atoms with van der Waals surface area (Å²) in [5.74, 6) is 0.640. The molecule has 0 atom stereocenters. The first-order valence-electron chi connectivity index (χ1n) is 7.29. The summed E-state index contributed by atoms with van der Waals surface area (Å²) in [4.78, 5) is 12.3. The molecule has 3 aromatic rings. The van der Waals surface area contributed by atoms with Gasteiger partial charge in [0.05, 0.1) is 7.11 Å². The highest BCUT2D eigenvalue weighted by Crippen LogP contribution is 2.19. The monoisotopic (exact) mass is 305 g/mol. The molecule has 0 spiro atoms. The van der Waals surface area contributed by atoms with Crippen molar-refractivity contribution in [3.05, 3.63) is 84.6 Å². The fourth-order valence-corrected chi connectivity index (χ4v) is 2.30. The number of hydrogen-bond donors (Lipinski definition) is 1. The maximum atomic E-state index is 12.3. The van der Waals surface area contributed by atoms with Crippen LogP contribution in [0.15, 0.2) is 79.0 Å². The minimum absolute atomic E-state index is 0.156. The molecule has 1 aromatic heterocycles. The molecule has 4 nitrogen and oxygen atoms in total. The summed E-state index contributed by atoms with van der Waals surface area (Å²) in [7, 11) is 1.64. The summed E-state index contributed by atoms with van der Waals surface area (Å²) in [5, 5.41) is 0. The van der Waals surface area contributed by atoms with Crippen LogP contribution in [0.1, 0.15) is 10.4 Å². The SMILES string of the molecule is COc1ccc(-c2cccc[n+]2NC(=O)c2ccccc2)cc1. The molecule has 0 aliphatic rings. The Balaban J connectivity index is 1.90. The number of rotatable bonds is 4. The third-order valence-electron chi connectivity index (χ3n) is 3.50. The fraction of sp³-hybridized carbons (Fsp3) is 0.0526. The van der Waals surface area contributed by atoms with E-state index >= 15 is 0 Å². The van der Waals surface area contributed by atoms with Crippen LogP contribution in [0, 0.1) is 0 Å². The van der Waals surface area contributed by atoms with Crippen LogP contribution in [0.3, 0.4) is 0 Å². The van der Waals surface area contributed by atoms with Gasteiger partial charge in [0.15, 0.2) is 0 Å². The molecule has 0 radical (unpaired) electrons. The predicted octanol–water partition coefficient (Wildman–Crippen LogP) is 3.03. The van der Waals surface area contributed by atoms with Gasteiger partial charge >= 0.3 is 5.91 Å². The Hall–Kier alpha value is -3.14. The standard InChI is InChI=1S/C19H16N2O2/c1-23-17-12-10-15(11-13-17)18-9-5-6-14-21(18)20-19(22)16-7-3-2-4-8-16/h2-14H,1H3/p+1. The molecule has 1 N–H and O–H groups in total. The van der Waals surface area contributed by atoms with E-state index in [2.05, 4.69) is 5.43 Å². The maximum absolute atomic E-state index is 12.3. The number of hydrogen-bond acceptors (Lipinski definition) is 2. The Morgan fingerprint density at radius 3 is 2.30 bits per heavy atom. The van der Waals surface area contributed by atoms with Gasteiger partial charge in [0.1, 0.15) is 5.75 Å². The molecule has 0 aliphatic carbocycles. The Morgan fingerprint density at radius 2 is 1.61 bits per heavy atom. The van der Waals surface area contributed by atoms with Crippen molar-refractivity contribution in [2.45, 2.75) is 0 Å². The molecule has 3 rings (SSSR count). The van der Waals surface area contributed by atoms with E-state index in [0.717, 1.165) is 17.0 Å². The lowest BCUT2D eigenvalue weighted by Gasteiger charge is -2.05. The van der Waals surface area contributed by atoms with Crippen LogP contribution in [0.5, 0.6) is 5.75 Å². The number of ether oxygens (including phenoxy) is 1. The van der Waals surface area contributed by atoms with Crippen molar-refractivity contribution in [1.82, 2.24) is 0 Å². The highest BCUT2D eigenvalue weighted by Gasteiger charge is 2.16. The van der Waals surface area contributed by atoms with Crippen molar-refractivity contribution in [2.24, 2.45) is 0 Å². The molecule has 1 heterocycles. The van der Waals surface area contributed by atoms with Gasteiger partial charge in [-0.15, -0.1) is 5.43 Å². The van der Waals surface area contributed by atoms with Gasteiger partial charge in [-0.3, -0.25) is 4.79 Å². The lowest BCUT2D eigenvalue weighted by Crippen LogP contribution is -2.49. The summed E-state index contributed by atoms with van der Waals surface area (Å²) in [6, 6.07) is 22.6. The molecule has 0 aliphatic heterocycles. The van der Waals surface area contributed by atoms with Crippen LogP contribution in [-0.2, 0) is 0 Å². The zero-order valence-corrected chi connectivity index (χ0v) is 12.8. The van der Waals surface area contributed by atoms with Crippen LogP contribution in [0.25, 0.3) is 11.3 Å². The molecular weight excluding hydrogens is 288 g/mol. The quantitative estimate of drug-likeness (QED) is 0.753. The first kappa shape index (κ1) is 14.8. The van der Waals surface area contributed by atoms with Crippen molar-refractivity contribution in [1.29, 1.82) is 0 Å². The minimum atomic E-state index is -0.156.